The maximum atomic E-state index is 12.0. The SMILES string of the molecule is Cn1c(SCC(=O)Nc2ccccc2)nnc1-c1ccc(=O)n(C)c1. The summed E-state index contributed by atoms with van der Waals surface area (Å²) >= 11 is 1.31. The summed E-state index contributed by atoms with van der Waals surface area (Å²) in [6, 6.07) is 12.5. The second kappa shape index (κ2) is 7.35. The highest BCUT2D eigenvalue weighted by Crippen LogP contribution is 2.22. The maximum Gasteiger partial charge on any atom is 0.250 e. The van der Waals surface area contributed by atoms with Crippen LogP contribution in [-0.2, 0) is 18.9 Å². The molecule has 0 bridgehead atoms. The molecule has 0 saturated heterocycles. The summed E-state index contributed by atoms with van der Waals surface area (Å²) in [5.41, 5.74) is 1.47. The Morgan fingerprint density at radius 1 is 1.12 bits per heavy atom. The van der Waals surface area contributed by atoms with Crippen LogP contribution in [0.1, 0.15) is 0 Å². The number of anilines is 1. The number of pyridine rings is 1. The van der Waals surface area contributed by atoms with Crippen molar-refractivity contribution in [2.45, 2.75) is 5.16 Å². The van der Waals surface area contributed by atoms with E-state index in [0.717, 1.165) is 11.3 Å². The third-order valence-corrected chi connectivity index (χ3v) is 4.59. The minimum Gasteiger partial charge on any atom is -0.325 e. The Hall–Kier alpha value is -2.87. The van der Waals surface area contributed by atoms with Crippen LogP contribution in [0.4, 0.5) is 5.69 Å². The number of rotatable bonds is 5. The summed E-state index contributed by atoms with van der Waals surface area (Å²) in [6.07, 6.45) is 1.71. The van der Waals surface area contributed by atoms with Crippen molar-refractivity contribution in [3.8, 4) is 11.4 Å². The van der Waals surface area contributed by atoms with Gasteiger partial charge in [-0.1, -0.05) is 30.0 Å². The van der Waals surface area contributed by atoms with E-state index in [4.69, 9.17) is 0 Å². The van der Waals surface area contributed by atoms with Crippen molar-refractivity contribution in [3.63, 3.8) is 0 Å². The number of amides is 1. The van der Waals surface area contributed by atoms with E-state index in [1.54, 1.807) is 23.9 Å². The molecule has 8 heteroatoms. The van der Waals surface area contributed by atoms with Gasteiger partial charge in [-0.3, -0.25) is 9.59 Å². The Morgan fingerprint density at radius 3 is 2.60 bits per heavy atom. The van der Waals surface area contributed by atoms with Gasteiger partial charge in [0.25, 0.3) is 0 Å². The number of para-hydroxylation sites is 1. The average molecular weight is 355 g/mol. The number of hydrogen-bond donors (Lipinski definition) is 1. The third-order valence-electron chi connectivity index (χ3n) is 3.57. The second-order valence-corrected chi connectivity index (χ2v) is 6.38. The molecule has 25 heavy (non-hydrogen) atoms. The van der Waals surface area contributed by atoms with E-state index in [9.17, 15) is 9.59 Å². The second-order valence-electron chi connectivity index (χ2n) is 5.43. The monoisotopic (exact) mass is 355 g/mol. The lowest BCUT2D eigenvalue weighted by Gasteiger charge is -2.06. The Kier molecular flexibility index (Phi) is 4.99. The Balaban J connectivity index is 1.68. The number of benzene rings is 1. The molecule has 0 aliphatic rings. The van der Waals surface area contributed by atoms with Crippen molar-refractivity contribution < 1.29 is 4.79 Å². The molecule has 3 rings (SSSR count). The van der Waals surface area contributed by atoms with E-state index in [2.05, 4.69) is 15.5 Å². The fourth-order valence-electron chi connectivity index (χ4n) is 2.27. The number of nitrogens with zero attached hydrogens (tertiary/aromatic N) is 4. The van der Waals surface area contributed by atoms with E-state index in [1.807, 2.05) is 37.4 Å². The highest BCUT2D eigenvalue weighted by Gasteiger charge is 2.13. The van der Waals surface area contributed by atoms with Gasteiger partial charge in [-0.2, -0.15) is 0 Å². The van der Waals surface area contributed by atoms with Gasteiger partial charge < -0.3 is 14.5 Å². The minimum atomic E-state index is -0.108. The number of aryl methyl sites for hydroxylation is 1. The Labute approximate surface area is 148 Å². The average Bonchev–Trinajstić information content (AvgIpc) is 2.97. The van der Waals surface area contributed by atoms with Crippen LogP contribution in [-0.4, -0.2) is 31.0 Å². The lowest BCUT2D eigenvalue weighted by Crippen LogP contribution is -2.15. The molecule has 0 aliphatic carbocycles. The summed E-state index contributed by atoms with van der Waals surface area (Å²) in [4.78, 5) is 23.5. The molecule has 1 N–H and O–H groups in total. The fraction of sp³-hybridized carbons (Fsp3) is 0.176. The number of carbonyl (C=O) groups is 1. The predicted molar refractivity (Wildman–Crippen MR) is 97.5 cm³/mol. The number of carbonyl (C=O) groups excluding carboxylic acids is 1. The minimum absolute atomic E-state index is 0.0851. The van der Waals surface area contributed by atoms with Gasteiger partial charge in [0.15, 0.2) is 11.0 Å². The van der Waals surface area contributed by atoms with Crippen LogP contribution >= 0.6 is 11.8 Å². The first kappa shape index (κ1) is 17.0. The van der Waals surface area contributed by atoms with E-state index in [-0.39, 0.29) is 17.2 Å². The fourth-order valence-corrected chi connectivity index (χ4v) is 2.98. The Bertz CT molecular complexity index is 949. The van der Waals surface area contributed by atoms with Gasteiger partial charge in [0, 0.05) is 37.6 Å². The molecule has 2 heterocycles. The molecule has 0 fully saturated rings. The topological polar surface area (TPSA) is 81.8 Å². The normalized spacial score (nSPS) is 10.6. The molecule has 0 spiro atoms. The molecular formula is C17H17N5O2S. The lowest BCUT2D eigenvalue weighted by atomic mass is 10.2. The van der Waals surface area contributed by atoms with Gasteiger partial charge in [0.2, 0.25) is 11.5 Å². The first-order chi connectivity index (χ1) is 12.0. The van der Waals surface area contributed by atoms with Crippen LogP contribution in [0.25, 0.3) is 11.4 Å². The molecule has 128 valence electrons. The summed E-state index contributed by atoms with van der Waals surface area (Å²) in [7, 11) is 3.52. The van der Waals surface area contributed by atoms with E-state index >= 15 is 0 Å². The van der Waals surface area contributed by atoms with Crippen LogP contribution in [0.3, 0.4) is 0 Å². The number of aromatic nitrogens is 4. The number of hydrogen-bond acceptors (Lipinski definition) is 5. The van der Waals surface area contributed by atoms with Crippen molar-refractivity contribution in [1.82, 2.24) is 19.3 Å². The van der Waals surface area contributed by atoms with Crippen LogP contribution in [0.2, 0.25) is 0 Å². The molecule has 2 aromatic heterocycles. The van der Waals surface area contributed by atoms with Crippen LogP contribution < -0.4 is 10.9 Å². The molecule has 0 atom stereocenters. The van der Waals surface area contributed by atoms with Crippen molar-refractivity contribution in [3.05, 3.63) is 59.0 Å². The van der Waals surface area contributed by atoms with Gasteiger partial charge in [-0.15, -0.1) is 10.2 Å². The summed E-state index contributed by atoms with van der Waals surface area (Å²) in [5.74, 6) is 0.762. The first-order valence-corrected chi connectivity index (χ1v) is 8.57. The van der Waals surface area contributed by atoms with Gasteiger partial charge in [-0.05, 0) is 18.2 Å². The summed E-state index contributed by atoms with van der Waals surface area (Å²) < 4.78 is 3.30. The van der Waals surface area contributed by atoms with E-state index < -0.39 is 0 Å². The zero-order chi connectivity index (χ0) is 17.8. The largest absolute Gasteiger partial charge is 0.325 e. The molecule has 0 radical (unpaired) electrons. The molecule has 3 aromatic rings. The molecule has 0 saturated carbocycles. The molecule has 1 aromatic carbocycles. The molecule has 0 unspecified atom stereocenters. The number of nitrogens with one attached hydrogen (secondary N) is 1. The van der Waals surface area contributed by atoms with Gasteiger partial charge >= 0.3 is 0 Å². The molecule has 1 amide bonds. The van der Waals surface area contributed by atoms with Crippen LogP contribution in [0.15, 0.2) is 58.6 Å². The van der Waals surface area contributed by atoms with Gasteiger partial charge in [0.05, 0.1) is 5.75 Å². The molecule has 7 nitrogen and oxygen atoms in total. The lowest BCUT2D eigenvalue weighted by molar-refractivity contribution is -0.113. The summed E-state index contributed by atoms with van der Waals surface area (Å²) in [5, 5.41) is 11.8. The van der Waals surface area contributed by atoms with Crippen LogP contribution in [0, 0.1) is 0 Å². The van der Waals surface area contributed by atoms with Crippen LogP contribution in [0.5, 0.6) is 0 Å². The van der Waals surface area contributed by atoms with Gasteiger partial charge in [-0.25, -0.2) is 0 Å². The third kappa shape index (κ3) is 3.97. The van der Waals surface area contributed by atoms with Crippen molar-refractivity contribution >= 4 is 23.4 Å². The molecular weight excluding hydrogens is 338 g/mol. The maximum absolute atomic E-state index is 12.0. The van der Waals surface area contributed by atoms with Crippen molar-refractivity contribution in [2.24, 2.45) is 14.1 Å². The first-order valence-electron chi connectivity index (χ1n) is 7.59. The zero-order valence-corrected chi connectivity index (χ0v) is 14.7. The van der Waals surface area contributed by atoms with Crippen molar-refractivity contribution in [1.29, 1.82) is 0 Å². The highest BCUT2D eigenvalue weighted by atomic mass is 32.2. The number of thioether (sulfide) groups is 1. The van der Waals surface area contributed by atoms with E-state index in [1.165, 1.54) is 22.4 Å². The van der Waals surface area contributed by atoms with E-state index in [0.29, 0.717) is 11.0 Å². The molecule has 0 aliphatic heterocycles. The zero-order valence-electron chi connectivity index (χ0n) is 13.8. The smallest absolute Gasteiger partial charge is 0.250 e. The standard InChI is InChI=1S/C17H17N5O2S/c1-21-10-12(8-9-15(21)24)16-19-20-17(22(16)2)25-11-14(23)18-13-6-4-3-5-7-13/h3-10H,11H2,1-2H3,(H,18,23). The van der Waals surface area contributed by atoms with Gasteiger partial charge in [0.1, 0.15) is 0 Å². The predicted octanol–water partition coefficient (Wildman–Crippen LogP) is 1.91. The highest BCUT2D eigenvalue weighted by molar-refractivity contribution is 7.99. The summed E-state index contributed by atoms with van der Waals surface area (Å²) in [6.45, 7) is 0. The Morgan fingerprint density at radius 2 is 1.88 bits per heavy atom. The quantitative estimate of drug-likeness (QED) is 0.707. The van der Waals surface area contributed by atoms with Crippen molar-refractivity contribution in [2.75, 3.05) is 11.1 Å².